The summed E-state index contributed by atoms with van der Waals surface area (Å²) >= 11 is 0. The molecule has 1 heterocycles. The van der Waals surface area contributed by atoms with Crippen molar-refractivity contribution in [2.24, 2.45) is 0 Å². The first-order valence-electron chi connectivity index (χ1n) is 10.7. The van der Waals surface area contributed by atoms with Gasteiger partial charge in [-0.2, -0.15) is 0 Å². The molecule has 0 spiro atoms. The fraction of sp³-hybridized carbons (Fsp3) is 0.360. The van der Waals surface area contributed by atoms with E-state index >= 15 is 0 Å². The molecule has 0 aliphatic carbocycles. The van der Waals surface area contributed by atoms with Gasteiger partial charge >= 0.3 is 0 Å². The van der Waals surface area contributed by atoms with Crippen LogP contribution in [0.25, 0.3) is 5.76 Å². The Labute approximate surface area is 193 Å². The first-order valence-corrected chi connectivity index (χ1v) is 10.7. The van der Waals surface area contributed by atoms with Crippen LogP contribution in [0.15, 0.2) is 48.0 Å². The topological polar surface area (TPSA) is 94.5 Å². The number of aliphatic hydroxyl groups is 1. The molecule has 1 unspecified atom stereocenters. The van der Waals surface area contributed by atoms with Gasteiger partial charge in [-0.25, -0.2) is 0 Å². The second kappa shape index (κ2) is 10.9. The highest BCUT2D eigenvalue weighted by atomic mass is 16.5. The predicted molar refractivity (Wildman–Crippen MR) is 123 cm³/mol. The molecule has 1 aliphatic heterocycles. The van der Waals surface area contributed by atoms with Crippen molar-refractivity contribution in [2.45, 2.75) is 19.4 Å². The lowest BCUT2D eigenvalue weighted by Crippen LogP contribution is -2.31. The number of rotatable bonds is 10. The number of carbonyl (C=O) groups excluding carboxylic acids is 2. The summed E-state index contributed by atoms with van der Waals surface area (Å²) in [4.78, 5) is 27.6. The minimum atomic E-state index is -0.785. The van der Waals surface area contributed by atoms with Gasteiger partial charge in [-0.3, -0.25) is 9.59 Å². The number of carbonyl (C=O) groups is 2. The Morgan fingerprint density at radius 3 is 2.18 bits per heavy atom. The number of hydrogen-bond acceptors (Lipinski definition) is 7. The molecule has 3 rings (SSSR count). The van der Waals surface area contributed by atoms with Crippen LogP contribution in [0.5, 0.6) is 17.2 Å². The molecular weight excluding hydrogens is 426 g/mol. The molecule has 0 bridgehead atoms. The van der Waals surface area contributed by atoms with Crippen molar-refractivity contribution < 1.29 is 33.6 Å². The summed E-state index contributed by atoms with van der Waals surface area (Å²) in [6, 6.07) is 11.4. The van der Waals surface area contributed by atoms with Gasteiger partial charge in [0.25, 0.3) is 11.7 Å². The van der Waals surface area contributed by atoms with Crippen molar-refractivity contribution in [2.75, 3.05) is 41.1 Å². The number of amides is 1. The van der Waals surface area contributed by atoms with Gasteiger partial charge < -0.3 is 29.0 Å². The summed E-state index contributed by atoms with van der Waals surface area (Å²) in [5.74, 6) is -0.484. The maximum atomic E-state index is 13.2. The van der Waals surface area contributed by atoms with E-state index in [0.29, 0.717) is 42.4 Å². The van der Waals surface area contributed by atoms with E-state index in [-0.39, 0.29) is 23.4 Å². The second-order valence-electron chi connectivity index (χ2n) is 7.38. The van der Waals surface area contributed by atoms with Gasteiger partial charge in [0.1, 0.15) is 28.6 Å². The number of likely N-dealkylation sites (tertiary alicyclic amines) is 1. The van der Waals surface area contributed by atoms with Crippen LogP contribution >= 0.6 is 0 Å². The number of nitrogens with zero attached hydrogens (tertiary/aromatic N) is 1. The highest BCUT2D eigenvalue weighted by Gasteiger charge is 2.46. The van der Waals surface area contributed by atoms with E-state index in [4.69, 9.17) is 18.9 Å². The Bertz CT molecular complexity index is 1010. The fourth-order valence-corrected chi connectivity index (χ4v) is 3.97. The van der Waals surface area contributed by atoms with Gasteiger partial charge in [-0.15, -0.1) is 0 Å². The lowest BCUT2D eigenvalue weighted by Gasteiger charge is -2.25. The molecule has 33 heavy (non-hydrogen) atoms. The molecule has 8 heteroatoms. The molecule has 2 aromatic carbocycles. The average molecular weight is 456 g/mol. The molecule has 8 nitrogen and oxygen atoms in total. The highest BCUT2D eigenvalue weighted by molar-refractivity contribution is 6.46. The molecule has 1 amide bonds. The molecule has 176 valence electrons. The summed E-state index contributed by atoms with van der Waals surface area (Å²) in [5, 5.41) is 11.4. The maximum Gasteiger partial charge on any atom is 0.295 e. The fourth-order valence-electron chi connectivity index (χ4n) is 3.97. The molecule has 0 saturated carbocycles. The van der Waals surface area contributed by atoms with E-state index < -0.39 is 17.7 Å². The molecule has 0 radical (unpaired) electrons. The van der Waals surface area contributed by atoms with Crippen molar-refractivity contribution in [3.63, 3.8) is 0 Å². The van der Waals surface area contributed by atoms with Crippen molar-refractivity contribution in [3.05, 3.63) is 59.2 Å². The number of hydrogen-bond donors (Lipinski definition) is 1. The Hall–Kier alpha value is -3.52. The quantitative estimate of drug-likeness (QED) is 0.253. The summed E-state index contributed by atoms with van der Waals surface area (Å²) in [6.07, 6.45) is 0.537. The monoisotopic (exact) mass is 455 g/mol. The number of Topliss-reactive ketones (excluding diaryl/α,β-unsaturated/α-hetero) is 1. The van der Waals surface area contributed by atoms with Crippen LogP contribution in [-0.2, 0) is 14.3 Å². The molecule has 2 aromatic rings. The van der Waals surface area contributed by atoms with E-state index in [1.165, 1.54) is 19.1 Å². The van der Waals surface area contributed by atoms with Gasteiger partial charge in [0, 0.05) is 20.3 Å². The first kappa shape index (κ1) is 24.1. The molecule has 1 atom stereocenters. The number of ketones is 1. The maximum absolute atomic E-state index is 13.2. The summed E-state index contributed by atoms with van der Waals surface area (Å²) < 4.78 is 21.4. The van der Waals surface area contributed by atoms with Gasteiger partial charge in [0.2, 0.25) is 0 Å². The third-order valence-corrected chi connectivity index (χ3v) is 5.46. The van der Waals surface area contributed by atoms with E-state index in [2.05, 4.69) is 0 Å². The molecule has 1 saturated heterocycles. The van der Waals surface area contributed by atoms with Gasteiger partial charge in [0.05, 0.1) is 32.4 Å². The molecular formula is C25H29NO7. The van der Waals surface area contributed by atoms with Crippen LogP contribution in [-0.4, -0.2) is 62.8 Å². The zero-order valence-corrected chi connectivity index (χ0v) is 19.3. The number of methoxy groups -OCH3 is 3. The average Bonchev–Trinajstić information content (AvgIpc) is 3.09. The highest BCUT2D eigenvalue weighted by Crippen LogP contribution is 2.43. The summed E-state index contributed by atoms with van der Waals surface area (Å²) in [7, 11) is 4.49. The predicted octanol–water partition coefficient (Wildman–Crippen LogP) is 3.56. The van der Waals surface area contributed by atoms with Crippen LogP contribution < -0.4 is 14.2 Å². The van der Waals surface area contributed by atoms with Crippen LogP contribution in [0.4, 0.5) is 0 Å². The number of benzene rings is 2. The van der Waals surface area contributed by atoms with Crippen LogP contribution in [0, 0.1) is 0 Å². The molecule has 1 N–H and O–H groups in total. The van der Waals surface area contributed by atoms with E-state index in [0.717, 1.165) is 0 Å². The Balaban J connectivity index is 2.18. The van der Waals surface area contributed by atoms with Crippen LogP contribution in [0.1, 0.15) is 30.5 Å². The van der Waals surface area contributed by atoms with Gasteiger partial charge in [0.15, 0.2) is 0 Å². The van der Waals surface area contributed by atoms with Gasteiger partial charge in [-0.05, 0) is 43.2 Å². The minimum Gasteiger partial charge on any atom is -0.506 e. The zero-order chi connectivity index (χ0) is 24.0. The normalized spacial score (nSPS) is 17.3. The Morgan fingerprint density at radius 1 is 1.00 bits per heavy atom. The third kappa shape index (κ3) is 4.80. The largest absolute Gasteiger partial charge is 0.506 e. The SMILES string of the molecule is CCOc1ccc(C2/C(=C(\O)c3c(OC)cccc3OC)C(=O)C(=O)N2CCCOC)cc1. The van der Waals surface area contributed by atoms with Gasteiger partial charge in [-0.1, -0.05) is 18.2 Å². The van der Waals surface area contributed by atoms with Crippen LogP contribution in [0.2, 0.25) is 0 Å². The molecule has 1 aliphatic rings. The number of ether oxygens (including phenoxy) is 4. The second-order valence-corrected chi connectivity index (χ2v) is 7.38. The van der Waals surface area contributed by atoms with E-state index in [9.17, 15) is 14.7 Å². The van der Waals surface area contributed by atoms with E-state index in [1.807, 2.05) is 6.92 Å². The lowest BCUT2D eigenvalue weighted by molar-refractivity contribution is -0.140. The smallest absolute Gasteiger partial charge is 0.295 e. The third-order valence-electron chi connectivity index (χ3n) is 5.46. The van der Waals surface area contributed by atoms with Crippen molar-refractivity contribution >= 4 is 17.4 Å². The van der Waals surface area contributed by atoms with Crippen molar-refractivity contribution in [1.29, 1.82) is 0 Å². The zero-order valence-electron chi connectivity index (χ0n) is 19.3. The molecule has 1 fully saturated rings. The summed E-state index contributed by atoms with van der Waals surface area (Å²) in [6.45, 7) is 3.12. The Kier molecular flexibility index (Phi) is 7.95. The first-order chi connectivity index (χ1) is 16.0. The Morgan fingerprint density at radius 2 is 1.64 bits per heavy atom. The lowest BCUT2D eigenvalue weighted by atomic mass is 9.94. The minimum absolute atomic E-state index is 0.0237. The van der Waals surface area contributed by atoms with Crippen LogP contribution in [0.3, 0.4) is 0 Å². The summed E-state index contributed by atoms with van der Waals surface area (Å²) in [5.41, 5.74) is 0.864. The van der Waals surface area contributed by atoms with E-state index in [1.54, 1.807) is 49.6 Å². The number of aliphatic hydroxyl groups excluding tert-OH is 1. The van der Waals surface area contributed by atoms with Crippen molar-refractivity contribution in [1.82, 2.24) is 4.90 Å². The standard InChI is InChI=1S/C25H29NO7/c1-5-33-17-12-10-16(11-13-17)22-21(24(28)25(29)26(22)14-7-15-30-2)23(27)20-18(31-3)8-6-9-19(20)32-4/h6,8-13,22,27H,5,7,14-15H2,1-4H3/b23-21+. The molecule has 0 aromatic heterocycles. The van der Waals surface area contributed by atoms with Crippen molar-refractivity contribution in [3.8, 4) is 17.2 Å².